The first-order chi connectivity index (χ1) is 17.7. The smallest absolute Gasteiger partial charge is 0.251 e. The number of hydrogen-bond donors (Lipinski definition) is 2. The lowest BCUT2D eigenvalue weighted by Crippen LogP contribution is -2.56. The Labute approximate surface area is 249 Å². The van der Waals surface area contributed by atoms with Crippen LogP contribution in [0.15, 0.2) is 66.7 Å². The number of nitrogens with one attached hydrogen (secondary N) is 1. The van der Waals surface area contributed by atoms with Crippen molar-refractivity contribution in [1.82, 2.24) is 10.2 Å². The average molecular weight is 595 g/mol. The van der Waals surface area contributed by atoms with E-state index in [1.165, 1.54) is 0 Å². The molecule has 3 aromatic rings. The Balaban J connectivity index is 0.00000267. The molecule has 4 rings (SSSR count). The van der Waals surface area contributed by atoms with Gasteiger partial charge >= 0.3 is 0 Å². The minimum atomic E-state index is -0.144. The van der Waals surface area contributed by atoms with E-state index in [0.717, 1.165) is 37.4 Å². The second-order valence-corrected chi connectivity index (χ2v) is 10.6. The van der Waals surface area contributed by atoms with Crippen LogP contribution in [0.25, 0.3) is 0 Å². The number of benzene rings is 3. The summed E-state index contributed by atoms with van der Waals surface area (Å²) in [6, 6.07) is 20.6. The fraction of sp³-hybridized carbons (Fsp3) is 0.367. The van der Waals surface area contributed by atoms with E-state index in [1.807, 2.05) is 49.4 Å². The van der Waals surface area contributed by atoms with Crippen molar-refractivity contribution in [2.24, 2.45) is 5.92 Å². The van der Waals surface area contributed by atoms with E-state index in [0.29, 0.717) is 28.1 Å². The summed E-state index contributed by atoms with van der Waals surface area (Å²) < 4.78 is 5.91. The van der Waals surface area contributed by atoms with Gasteiger partial charge in [-0.1, -0.05) is 43.6 Å². The Morgan fingerprint density at radius 2 is 1.82 bits per heavy atom. The molecule has 3 aromatic carbocycles. The van der Waals surface area contributed by atoms with Crippen molar-refractivity contribution in [3.63, 3.8) is 0 Å². The molecular formula is C30H38Cl3N3O3. The molecule has 1 aliphatic heterocycles. The van der Waals surface area contributed by atoms with Crippen molar-refractivity contribution >= 4 is 48.0 Å². The summed E-state index contributed by atoms with van der Waals surface area (Å²) in [7, 11) is 0. The zero-order valence-electron chi connectivity index (χ0n) is 22.8. The Kier molecular flexibility index (Phi) is 12.2. The quantitative estimate of drug-likeness (QED) is 0.295. The molecule has 0 aliphatic carbocycles. The summed E-state index contributed by atoms with van der Waals surface area (Å²) in [4.78, 5) is 17.9. The lowest BCUT2D eigenvalue weighted by atomic mass is 10.0. The van der Waals surface area contributed by atoms with E-state index >= 15 is 0 Å². The van der Waals surface area contributed by atoms with E-state index in [9.17, 15) is 9.90 Å². The highest BCUT2D eigenvalue weighted by molar-refractivity contribution is 6.32. The summed E-state index contributed by atoms with van der Waals surface area (Å²) in [6.07, 6.45) is 0. The molecule has 1 amide bonds. The van der Waals surface area contributed by atoms with Crippen molar-refractivity contribution in [2.75, 3.05) is 31.1 Å². The number of halogens is 3. The number of carbonyl (C=O) groups excluding carboxylic acids is 1. The number of ether oxygens (including phenoxy) is 1. The number of hydrogen-bond acceptors (Lipinski definition) is 5. The van der Waals surface area contributed by atoms with E-state index in [4.69, 9.17) is 16.3 Å². The molecule has 212 valence electrons. The fourth-order valence-corrected chi connectivity index (χ4v) is 4.96. The highest BCUT2D eigenvalue weighted by Crippen LogP contribution is 2.31. The van der Waals surface area contributed by atoms with Crippen LogP contribution in [0.5, 0.6) is 17.2 Å². The van der Waals surface area contributed by atoms with Gasteiger partial charge in [0.2, 0.25) is 0 Å². The van der Waals surface area contributed by atoms with Crippen molar-refractivity contribution < 1.29 is 14.6 Å². The van der Waals surface area contributed by atoms with Gasteiger partial charge < -0.3 is 20.1 Å². The van der Waals surface area contributed by atoms with Crippen LogP contribution in [-0.4, -0.2) is 54.2 Å². The molecule has 39 heavy (non-hydrogen) atoms. The van der Waals surface area contributed by atoms with Gasteiger partial charge in [0, 0.05) is 55.6 Å². The van der Waals surface area contributed by atoms with Crippen LogP contribution in [0.4, 0.5) is 5.69 Å². The molecule has 2 atom stereocenters. The van der Waals surface area contributed by atoms with Crippen LogP contribution >= 0.6 is 36.4 Å². The molecule has 6 nitrogen and oxygen atoms in total. The van der Waals surface area contributed by atoms with Crippen molar-refractivity contribution in [1.29, 1.82) is 0 Å². The molecular weight excluding hydrogens is 557 g/mol. The van der Waals surface area contributed by atoms with Gasteiger partial charge in [-0.15, -0.1) is 24.8 Å². The zero-order chi connectivity index (χ0) is 26.5. The standard InChI is InChI=1S/C30H36ClN3O3.2ClH/c1-20(2)28(19-33-13-14-34(22(4)18-33)24-8-6-9-25(35)17-24)32-30(36)23-11-12-29(27(31)16-23)37-26-10-5-7-21(3)15-26;;/h5-12,15-17,20,22,28,35H,13-14,18-19H2,1-4H3,(H,32,36);2*1H/t22-,28+;;/m0../s1. The summed E-state index contributed by atoms with van der Waals surface area (Å²) in [5.74, 6) is 1.63. The number of piperazine rings is 1. The number of carbonyl (C=O) groups is 1. The van der Waals surface area contributed by atoms with Gasteiger partial charge in [-0.25, -0.2) is 0 Å². The SMILES string of the molecule is Cc1cccc(Oc2ccc(C(=O)N[C@H](CN3CCN(c4cccc(O)c4)[C@@H](C)C3)C(C)C)cc2Cl)c1.Cl.Cl. The van der Waals surface area contributed by atoms with E-state index in [1.54, 1.807) is 24.3 Å². The number of aryl methyl sites for hydroxylation is 1. The van der Waals surface area contributed by atoms with Gasteiger partial charge in [0.05, 0.1) is 5.02 Å². The van der Waals surface area contributed by atoms with Gasteiger partial charge in [-0.05, 0) is 67.8 Å². The molecule has 0 bridgehead atoms. The molecule has 0 aromatic heterocycles. The van der Waals surface area contributed by atoms with Gasteiger partial charge in [0.15, 0.2) is 0 Å². The average Bonchev–Trinajstić information content (AvgIpc) is 2.85. The van der Waals surface area contributed by atoms with Gasteiger partial charge in [0.25, 0.3) is 5.91 Å². The molecule has 0 saturated carbocycles. The van der Waals surface area contributed by atoms with Gasteiger partial charge in [-0.2, -0.15) is 0 Å². The predicted molar refractivity (Wildman–Crippen MR) is 165 cm³/mol. The number of aromatic hydroxyl groups is 1. The van der Waals surface area contributed by atoms with Crippen molar-refractivity contribution in [3.05, 3.63) is 82.9 Å². The van der Waals surface area contributed by atoms with E-state index in [-0.39, 0.29) is 48.4 Å². The Morgan fingerprint density at radius 3 is 2.46 bits per heavy atom. The summed E-state index contributed by atoms with van der Waals surface area (Å²) in [6.45, 7) is 11.9. The van der Waals surface area contributed by atoms with E-state index in [2.05, 4.69) is 35.9 Å². The van der Waals surface area contributed by atoms with Crippen LogP contribution in [0.1, 0.15) is 36.7 Å². The Bertz CT molecular complexity index is 1240. The largest absolute Gasteiger partial charge is 0.508 e. The minimum absolute atomic E-state index is 0. The molecule has 0 radical (unpaired) electrons. The third kappa shape index (κ3) is 8.67. The maximum absolute atomic E-state index is 13.1. The normalized spacial score (nSPS) is 16.2. The first kappa shape index (κ1) is 32.6. The number of anilines is 1. The second-order valence-electron chi connectivity index (χ2n) is 10.2. The van der Waals surface area contributed by atoms with Gasteiger partial charge in [-0.3, -0.25) is 9.69 Å². The second kappa shape index (κ2) is 14.7. The summed E-state index contributed by atoms with van der Waals surface area (Å²) in [5, 5.41) is 13.5. The third-order valence-corrected chi connectivity index (χ3v) is 7.16. The number of nitrogens with zero attached hydrogens (tertiary/aromatic N) is 2. The number of rotatable bonds is 8. The van der Waals surface area contributed by atoms with E-state index < -0.39 is 0 Å². The highest BCUT2D eigenvalue weighted by atomic mass is 35.5. The molecule has 1 fully saturated rings. The molecule has 1 aliphatic rings. The lowest BCUT2D eigenvalue weighted by Gasteiger charge is -2.42. The summed E-state index contributed by atoms with van der Waals surface area (Å²) in [5.41, 5.74) is 2.64. The van der Waals surface area contributed by atoms with Crippen LogP contribution in [0, 0.1) is 12.8 Å². The fourth-order valence-electron chi connectivity index (χ4n) is 4.74. The first-order valence-corrected chi connectivity index (χ1v) is 13.2. The first-order valence-electron chi connectivity index (χ1n) is 12.8. The monoisotopic (exact) mass is 593 g/mol. The van der Waals surface area contributed by atoms with Crippen LogP contribution in [0.3, 0.4) is 0 Å². The number of phenols is 1. The maximum Gasteiger partial charge on any atom is 0.251 e. The Morgan fingerprint density at radius 1 is 1.08 bits per heavy atom. The zero-order valence-corrected chi connectivity index (χ0v) is 25.2. The van der Waals surface area contributed by atoms with Crippen LogP contribution in [-0.2, 0) is 0 Å². The molecule has 9 heteroatoms. The van der Waals surface area contributed by atoms with Crippen LogP contribution in [0.2, 0.25) is 5.02 Å². The molecule has 2 N–H and O–H groups in total. The molecule has 0 spiro atoms. The third-order valence-electron chi connectivity index (χ3n) is 6.86. The highest BCUT2D eigenvalue weighted by Gasteiger charge is 2.27. The topological polar surface area (TPSA) is 65.0 Å². The molecule has 1 saturated heterocycles. The van der Waals surface area contributed by atoms with Gasteiger partial charge in [0.1, 0.15) is 17.2 Å². The predicted octanol–water partition coefficient (Wildman–Crippen LogP) is 6.96. The molecule has 0 unspecified atom stereocenters. The van der Waals surface area contributed by atoms with Crippen LogP contribution < -0.4 is 15.0 Å². The minimum Gasteiger partial charge on any atom is -0.508 e. The lowest BCUT2D eigenvalue weighted by molar-refractivity contribution is 0.0903. The Hall–Kier alpha value is -2.64. The maximum atomic E-state index is 13.1. The molecule has 1 heterocycles. The number of phenolic OH excluding ortho intramolecular Hbond substituents is 1. The van der Waals surface area contributed by atoms with Crippen molar-refractivity contribution in [3.8, 4) is 17.2 Å². The van der Waals surface area contributed by atoms with Crippen molar-refractivity contribution in [2.45, 2.75) is 39.8 Å². The number of amides is 1. The summed E-state index contributed by atoms with van der Waals surface area (Å²) >= 11 is 6.47.